The molecule has 0 amide bonds. The highest BCUT2D eigenvalue weighted by atomic mass is 16.5. The lowest BCUT2D eigenvalue weighted by molar-refractivity contribution is 0.0593. The molecule has 0 spiro atoms. The van der Waals surface area contributed by atoms with Crippen LogP contribution in [-0.4, -0.2) is 28.0 Å². The third-order valence-electron chi connectivity index (χ3n) is 1.98. The highest BCUT2D eigenvalue weighted by Gasteiger charge is 2.07. The molecular weight excluding hydrogens is 220 g/mol. The van der Waals surface area contributed by atoms with Crippen molar-refractivity contribution in [3.05, 3.63) is 42.6 Å². The third kappa shape index (κ3) is 2.75. The van der Waals surface area contributed by atoms with E-state index in [1.54, 1.807) is 18.5 Å². The maximum absolute atomic E-state index is 11.1. The van der Waals surface area contributed by atoms with Gasteiger partial charge in [-0.25, -0.2) is 14.8 Å². The first-order valence-electron chi connectivity index (χ1n) is 4.87. The molecule has 0 atom stereocenters. The van der Waals surface area contributed by atoms with Gasteiger partial charge in [0.25, 0.3) is 0 Å². The largest absolute Gasteiger partial charge is 0.464 e. The fourth-order valence-corrected chi connectivity index (χ4v) is 1.19. The molecule has 0 unspecified atom stereocenters. The van der Waals surface area contributed by atoms with E-state index in [1.165, 1.54) is 19.5 Å². The summed E-state index contributed by atoms with van der Waals surface area (Å²) in [4.78, 5) is 23.0. The number of hydrogen-bond acceptors (Lipinski definition) is 6. The van der Waals surface area contributed by atoms with Gasteiger partial charge in [-0.05, 0) is 12.1 Å². The highest BCUT2D eigenvalue weighted by molar-refractivity contribution is 5.86. The van der Waals surface area contributed by atoms with Gasteiger partial charge in [-0.1, -0.05) is 0 Å². The maximum Gasteiger partial charge on any atom is 0.358 e. The molecule has 17 heavy (non-hydrogen) atoms. The Balaban J connectivity index is 2.11. The van der Waals surface area contributed by atoms with Gasteiger partial charge in [0.15, 0.2) is 5.69 Å². The number of methoxy groups -OCH3 is 1. The lowest BCUT2D eigenvalue weighted by Crippen LogP contribution is -2.05. The Morgan fingerprint density at radius 1 is 1.29 bits per heavy atom. The van der Waals surface area contributed by atoms with Crippen molar-refractivity contribution in [1.82, 2.24) is 15.0 Å². The molecule has 6 nitrogen and oxygen atoms in total. The summed E-state index contributed by atoms with van der Waals surface area (Å²) in [6.45, 7) is 0. The summed E-state index contributed by atoms with van der Waals surface area (Å²) >= 11 is 0. The number of carbonyl (C=O) groups excluding carboxylic acids is 1. The van der Waals surface area contributed by atoms with Gasteiger partial charge in [0.2, 0.25) is 0 Å². The molecular formula is C11H10N4O2. The second-order valence-electron chi connectivity index (χ2n) is 3.15. The van der Waals surface area contributed by atoms with E-state index in [9.17, 15) is 4.79 Å². The zero-order chi connectivity index (χ0) is 12.1. The molecule has 0 radical (unpaired) electrons. The number of hydrogen-bond donors (Lipinski definition) is 1. The fraction of sp³-hybridized carbons (Fsp3) is 0.0909. The second-order valence-corrected chi connectivity index (χ2v) is 3.15. The van der Waals surface area contributed by atoms with Gasteiger partial charge in [0.05, 0.1) is 31.4 Å². The van der Waals surface area contributed by atoms with Gasteiger partial charge in [-0.2, -0.15) is 0 Å². The molecule has 0 bridgehead atoms. The Bertz CT molecular complexity index is 499. The number of pyridine rings is 1. The maximum atomic E-state index is 11.1. The smallest absolute Gasteiger partial charge is 0.358 e. The van der Waals surface area contributed by atoms with Crippen molar-refractivity contribution in [3.63, 3.8) is 0 Å². The van der Waals surface area contributed by atoms with E-state index in [0.29, 0.717) is 5.82 Å². The third-order valence-corrected chi connectivity index (χ3v) is 1.98. The van der Waals surface area contributed by atoms with Crippen molar-refractivity contribution in [2.75, 3.05) is 12.4 Å². The Kier molecular flexibility index (Phi) is 3.25. The summed E-state index contributed by atoms with van der Waals surface area (Å²) in [5, 5.41) is 3.00. The van der Waals surface area contributed by atoms with E-state index in [-0.39, 0.29) is 5.69 Å². The Morgan fingerprint density at radius 2 is 2.18 bits per heavy atom. The number of rotatable bonds is 3. The monoisotopic (exact) mass is 230 g/mol. The number of ether oxygens (including phenoxy) is 1. The van der Waals surface area contributed by atoms with Crippen LogP contribution >= 0.6 is 0 Å². The predicted molar refractivity (Wildman–Crippen MR) is 60.9 cm³/mol. The Morgan fingerprint density at radius 3 is 2.76 bits per heavy atom. The first-order chi connectivity index (χ1) is 8.29. The van der Waals surface area contributed by atoms with Crippen LogP contribution in [0.15, 0.2) is 36.9 Å². The quantitative estimate of drug-likeness (QED) is 0.803. The van der Waals surface area contributed by atoms with Crippen molar-refractivity contribution in [2.45, 2.75) is 0 Å². The Hall–Kier alpha value is -2.50. The minimum atomic E-state index is -0.509. The number of aromatic nitrogens is 3. The minimum absolute atomic E-state index is 0.171. The summed E-state index contributed by atoms with van der Waals surface area (Å²) < 4.78 is 4.52. The highest BCUT2D eigenvalue weighted by Crippen LogP contribution is 2.11. The molecule has 2 rings (SSSR count). The topological polar surface area (TPSA) is 77.0 Å². The van der Waals surface area contributed by atoms with Gasteiger partial charge in [-0.3, -0.25) is 4.98 Å². The van der Waals surface area contributed by atoms with E-state index < -0.39 is 5.97 Å². The summed E-state index contributed by atoms with van der Waals surface area (Å²) in [6.07, 6.45) is 6.15. The number of carbonyl (C=O) groups is 1. The minimum Gasteiger partial charge on any atom is -0.464 e. The van der Waals surface area contributed by atoms with Gasteiger partial charge in [-0.15, -0.1) is 0 Å². The first kappa shape index (κ1) is 11.0. The van der Waals surface area contributed by atoms with Gasteiger partial charge in [0.1, 0.15) is 5.82 Å². The normalized spacial score (nSPS) is 9.71. The first-order valence-corrected chi connectivity index (χ1v) is 4.87. The van der Waals surface area contributed by atoms with Gasteiger partial charge in [0, 0.05) is 6.20 Å². The van der Waals surface area contributed by atoms with Crippen LogP contribution in [0, 0.1) is 0 Å². The van der Waals surface area contributed by atoms with Crippen LogP contribution in [0.3, 0.4) is 0 Å². The lowest BCUT2D eigenvalue weighted by atomic mass is 10.4. The zero-order valence-electron chi connectivity index (χ0n) is 9.12. The molecule has 0 saturated heterocycles. The van der Waals surface area contributed by atoms with Crippen LogP contribution in [0.4, 0.5) is 11.5 Å². The van der Waals surface area contributed by atoms with Crippen molar-refractivity contribution in [2.24, 2.45) is 0 Å². The van der Waals surface area contributed by atoms with Crippen LogP contribution in [0.5, 0.6) is 0 Å². The molecule has 2 aromatic rings. The molecule has 2 aromatic heterocycles. The van der Waals surface area contributed by atoms with Crippen LogP contribution < -0.4 is 5.32 Å². The summed E-state index contributed by atoms with van der Waals surface area (Å²) in [7, 11) is 1.30. The van der Waals surface area contributed by atoms with Crippen molar-refractivity contribution in [3.8, 4) is 0 Å². The molecule has 0 aliphatic carbocycles. The SMILES string of the molecule is COC(=O)c1cnc(Nc2cccnc2)cn1. The van der Waals surface area contributed by atoms with Crippen LogP contribution in [0.1, 0.15) is 10.5 Å². The molecule has 1 N–H and O–H groups in total. The van der Waals surface area contributed by atoms with Gasteiger partial charge >= 0.3 is 5.97 Å². The number of esters is 1. The number of anilines is 2. The number of nitrogens with one attached hydrogen (secondary N) is 1. The van der Waals surface area contributed by atoms with E-state index in [0.717, 1.165) is 5.69 Å². The molecule has 6 heteroatoms. The zero-order valence-corrected chi connectivity index (χ0v) is 9.12. The average Bonchev–Trinajstić information content (AvgIpc) is 2.40. The molecule has 2 heterocycles. The molecule has 0 saturated carbocycles. The van der Waals surface area contributed by atoms with Crippen molar-refractivity contribution < 1.29 is 9.53 Å². The van der Waals surface area contributed by atoms with E-state index in [2.05, 4.69) is 25.0 Å². The Labute approximate surface area is 97.7 Å². The van der Waals surface area contributed by atoms with Crippen LogP contribution in [0.2, 0.25) is 0 Å². The van der Waals surface area contributed by atoms with E-state index in [1.807, 2.05) is 6.07 Å². The molecule has 0 aromatic carbocycles. The summed E-state index contributed by atoms with van der Waals surface area (Å²) in [6, 6.07) is 3.65. The average molecular weight is 230 g/mol. The van der Waals surface area contributed by atoms with E-state index in [4.69, 9.17) is 0 Å². The standard InChI is InChI=1S/C11H10N4O2/c1-17-11(16)9-6-14-10(7-13-9)15-8-3-2-4-12-5-8/h2-7H,1H3,(H,14,15). The second kappa shape index (κ2) is 5.02. The molecule has 0 aliphatic heterocycles. The van der Waals surface area contributed by atoms with Gasteiger partial charge < -0.3 is 10.1 Å². The van der Waals surface area contributed by atoms with Crippen LogP contribution in [-0.2, 0) is 4.74 Å². The number of nitrogens with zero attached hydrogens (tertiary/aromatic N) is 3. The van der Waals surface area contributed by atoms with Crippen LogP contribution in [0.25, 0.3) is 0 Å². The predicted octanol–water partition coefficient (Wildman–Crippen LogP) is 1.40. The fourth-order valence-electron chi connectivity index (χ4n) is 1.19. The summed E-state index contributed by atoms with van der Waals surface area (Å²) in [5.41, 5.74) is 0.969. The van der Waals surface area contributed by atoms with Crippen molar-refractivity contribution >= 4 is 17.5 Å². The molecule has 0 fully saturated rings. The lowest BCUT2D eigenvalue weighted by Gasteiger charge is -2.04. The summed E-state index contributed by atoms with van der Waals surface area (Å²) in [5.74, 6) is 0.0241. The van der Waals surface area contributed by atoms with E-state index >= 15 is 0 Å². The van der Waals surface area contributed by atoms with Crippen molar-refractivity contribution in [1.29, 1.82) is 0 Å². The molecule has 86 valence electrons. The molecule has 0 aliphatic rings.